The van der Waals surface area contributed by atoms with E-state index >= 15 is 0 Å². The Kier molecular flexibility index (Phi) is 2.77. The van der Waals surface area contributed by atoms with Crippen LogP contribution in [0.4, 0.5) is 0 Å². The van der Waals surface area contributed by atoms with E-state index in [0.717, 1.165) is 16.2 Å². The van der Waals surface area contributed by atoms with E-state index in [2.05, 4.69) is 12.6 Å². The Hall–Kier alpha value is -0.240. The van der Waals surface area contributed by atoms with Crippen LogP contribution in [0.25, 0.3) is 0 Å². The Morgan fingerprint density at radius 1 is 1.36 bits per heavy atom. The van der Waals surface area contributed by atoms with Crippen molar-refractivity contribution in [3.05, 3.63) is 10.5 Å². The second kappa shape index (κ2) is 3.44. The summed E-state index contributed by atoms with van der Waals surface area (Å²) in [7, 11) is 0. The van der Waals surface area contributed by atoms with Crippen molar-refractivity contribution in [1.82, 2.24) is 0 Å². The third-order valence-corrected chi connectivity index (χ3v) is 2.80. The Balaban J connectivity index is 2.60. The van der Waals surface area contributed by atoms with Gasteiger partial charge in [-0.3, -0.25) is 0 Å². The molecule has 0 aromatic heterocycles. The molecular weight excluding hydrogens is 154 g/mol. The molecule has 0 bridgehead atoms. The number of nitrogens with one attached hydrogen (secondary N) is 1. The third kappa shape index (κ3) is 1.86. The van der Waals surface area contributed by atoms with Crippen LogP contribution in [-0.4, -0.2) is 5.71 Å². The lowest BCUT2D eigenvalue weighted by atomic mass is 9.79. The van der Waals surface area contributed by atoms with E-state index in [1.807, 2.05) is 13.8 Å². The molecule has 1 aliphatic carbocycles. The van der Waals surface area contributed by atoms with Crippen molar-refractivity contribution in [2.75, 3.05) is 0 Å². The van der Waals surface area contributed by atoms with E-state index in [-0.39, 0.29) is 0 Å². The molecule has 62 valence electrons. The van der Waals surface area contributed by atoms with Gasteiger partial charge in [-0.05, 0) is 37.2 Å². The zero-order valence-corrected chi connectivity index (χ0v) is 8.04. The maximum atomic E-state index is 7.78. The summed E-state index contributed by atoms with van der Waals surface area (Å²) in [5, 5.41) is 7.78. The lowest BCUT2D eigenvalue weighted by Crippen LogP contribution is -2.22. The fourth-order valence-corrected chi connectivity index (χ4v) is 1.32. The van der Waals surface area contributed by atoms with Gasteiger partial charge in [0.25, 0.3) is 0 Å². The van der Waals surface area contributed by atoms with Crippen molar-refractivity contribution >= 4 is 18.3 Å². The molecule has 1 aliphatic rings. The molecule has 1 saturated carbocycles. The molecule has 0 saturated heterocycles. The van der Waals surface area contributed by atoms with Crippen molar-refractivity contribution < 1.29 is 0 Å². The van der Waals surface area contributed by atoms with Gasteiger partial charge < -0.3 is 5.41 Å². The predicted molar refractivity (Wildman–Crippen MR) is 52.4 cm³/mol. The van der Waals surface area contributed by atoms with E-state index in [9.17, 15) is 0 Å². The van der Waals surface area contributed by atoms with Crippen LogP contribution in [-0.2, 0) is 0 Å². The van der Waals surface area contributed by atoms with Gasteiger partial charge in [0.15, 0.2) is 0 Å². The van der Waals surface area contributed by atoms with E-state index in [1.54, 1.807) is 0 Å². The molecule has 11 heavy (non-hydrogen) atoms. The van der Waals surface area contributed by atoms with Gasteiger partial charge in [-0.1, -0.05) is 6.42 Å². The zero-order valence-electron chi connectivity index (χ0n) is 7.15. The van der Waals surface area contributed by atoms with E-state index < -0.39 is 0 Å². The average Bonchev–Trinajstić information content (AvgIpc) is 1.82. The van der Waals surface area contributed by atoms with Crippen LogP contribution in [0.3, 0.4) is 0 Å². The SMILES string of the molecule is C/C(S)=C(\C)C(=N)C1CCC1. The van der Waals surface area contributed by atoms with Crippen molar-refractivity contribution in [3.8, 4) is 0 Å². The smallest absolute Gasteiger partial charge is 0.0381 e. The fourth-order valence-electron chi connectivity index (χ4n) is 1.20. The fraction of sp³-hybridized carbons (Fsp3) is 0.667. The molecule has 1 fully saturated rings. The van der Waals surface area contributed by atoms with Gasteiger partial charge in [-0.2, -0.15) is 0 Å². The molecule has 0 spiro atoms. The molecular formula is C9H15NS. The minimum atomic E-state index is 0.539. The quantitative estimate of drug-likeness (QED) is 0.469. The Bertz CT molecular complexity index is 198. The van der Waals surface area contributed by atoms with Crippen LogP contribution in [0.5, 0.6) is 0 Å². The highest BCUT2D eigenvalue weighted by Gasteiger charge is 2.23. The maximum absolute atomic E-state index is 7.78. The minimum Gasteiger partial charge on any atom is -0.305 e. The number of hydrogen-bond acceptors (Lipinski definition) is 2. The molecule has 1 nitrogen and oxygen atoms in total. The maximum Gasteiger partial charge on any atom is 0.0381 e. The number of rotatable bonds is 2. The number of thiol groups is 1. The average molecular weight is 169 g/mol. The van der Waals surface area contributed by atoms with Crippen LogP contribution in [0.2, 0.25) is 0 Å². The standard InChI is InChI=1S/C9H15NS/c1-6(7(2)11)9(10)8-4-3-5-8/h8,10-11H,3-5H2,1-2H3/b7-6-,10-9?. The summed E-state index contributed by atoms with van der Waals surface area (Å²) in [5.41, 5.74) is 1.88. The van der Waals surface area contributed by atoms with Gasteiger partial charge in [-0.15, -0.1) is 12.6 Å². The lowest BCUT2D eigenvalue weighted by molar-refractivity contribution is 0.412. The van der Waals surface area contributed by atoms with E-state index in [0.29, 0.717) is 5.92 Å². The third-order valence-electron chi connectivity index (χ3n) is 2.46. The van der Waals surface area contributed by atoms with Crippen LogP contribution in [0, 0.1) is 11.3 Å². The summed E-state index contributed by atoms with van der Waals surface area (Å²) in [6, 6.07) is 0. The summed E-state index contributed by atoms with van der Waals surface area (Å²) >= 11 is 4.23. The molecule has 0 atom stereocenters. The largest absolute Gasteiger partial charge is 0.305 e. The molecule has 0 aromatic carbocycles. The summed E-state index contributed by atoms with van der Waals surface area (Å²) in [6.07, 6.45) is 3.71. The molecule has 0 aromatic rings. The molecule has 2 heteroatoms. The molecule has 0 amide bonds. The van der Waals surface area contributed by atoms with Gasteiger partial charge in [0, 0.05) is 11.6 Å². The normalized spacial score (nSPS) is 20.6. The molecule has 0 heterocycles. The lowest BCUT2D eigenvalue weighted by Gasteiger charge is -2.26. The highest BCUT2D eigenvalue weighted by Crippen LogP contribution is 2.30. The molecule has 0 unspecified atom stereocenters. The van der Waals surface area contributed by atoms with Crippen LogP contribution >= 0.6 is 12.6 Å². The summed E-state index contributed by atoms with van der Waals surface area (Å²) in [6.45, 7) is 3.94. The second-order valence-electron chi connectivity index (χ2n) is 3.25. The molecule has 0 radical (unpaired) electrons. The first-order valence-corrected chi connectivity index (χ1v) is 4.53. The van der Waals surface area contributed by atoms with Crippen molar-refractivity contribution in [3.63, 3.8) is 0 Å². The minimum absolute atomic E-state index is 0.539. The van der Waals surface area contributed by atoms with Crippen molar-refractivity contribution in [2.45, 2.75) is 33.1 Å². The second-order valence-corrected chi connectivity index (χ2v) is 3.92. The molecule has 1 N–H and O–H groups in total. The first-order chi connectivity index (χ1) is 5.13. The Morgan fingerprint density at radius 2 is 1.91 bits per heavy atom. The van der Waals surface area contributed by atoms with E-state index in [4.69, 9.17) is 5.41 Å². The van der Waals surface area contributed by atoms with Gasteiger partial charge in [0.1, 0.15) is 0 Å². The molecule has 0 aliphatic heterocycles. The zero-order chi connectivity index (χ0) is 8.43. The van der Waals surface area contributed by atoms with E-state index in [1.165, 1.54) is 19.3 Å². The topological polar surface area (TPSA) is 23.9 Å². The first kappa shape index (κ1) is 8.85. The summed E-state index contributed by atoms with van der Waals surface area (Å²) < 4.78 is 0. The van der Waals surface area contributed by atoms with Crippen molar-refractivity contribution in [1.29, 1.82) is 5.41 Å². The van der Waals surface area contributed by atoms with Gasteiger partial charge in [0.2, 0.25) is 0 Å². The molecule has 1 rings (SSSR count). The summed E-state index contributed by atoms with van der Waals surface area (Å²) in [5.74, 6) is 0.539. The number of hydrogen-bond donors (Lipinski definition) is 2. The van der Waals surface area contributed by atoms with Gasteiger partial charge >= 0.3 is 0 Å². The highest BCUT2D eigenvalue weighted by atomic mass is 32.1. The predicted octanol–water partition coefficient (Wildman–Crippen LogP) is 3.03. The highest BCUT2D eigenvalue weighted by molar-refractivity contribution is 7.84. The summed E-state index contributed by atoms with van der Waals surface area (Å²) in [4.78, 5) is 0.988. The van der Waals surface area contributed by atoms with Crippen molar-refractivity contribution in [2.24, 2.45) is 5.92 Å². The first-order valence-electron chi connectivity index (χ1n) is 4.08. The van der Waals surface area contributed by atoms with Crippen LogP contribution in [0.15, 0.2) is 10.5 Å². The van der Waals surface area contributed by atoms with Gasteiger partial charge in [0.05, 0.1) is 0 Å². The van der Waals surface area contributed by atoms with Crippen LogP contribution in [0.1, 0.15) is 33.1 Å². The Morgan fingerprint density at radius 3 is 2.18 bits per heavy atom. The number of allylic oxidation sites excluding steroid dienone is 2. The monoisotopic (exact) mass is 169 g/mol. The van der Waals surface area contributed by atoms with Gasteiger partial charge in [-0.25, -0.2) is 0 Å². The van der Waals surface area contributed by atoms with Crippen LogP contribution < -0.4 is 0 Å². The Labute approximate surface area is 73.8 Å².